The SMILES string of the molecule is CC.CCCC(C)(C)CCP. The maximum Gasteiger partial charge on any atom is -0.0351 e. The fraction of sp³-hybridized carbons (Fsp3) is 1.00. The van der Waals surface area contributed by atoms with Crippen LogP contribution in [0, 0.1) is 5.41 Å². The van der Waals surface area contributed by atoms with Crippen molar-refractivity contribution in [2.24, 2.45) is 5.41 Å². The zero-order valence-corrected chi connectivity index (χ0v) is 10.1. The first-order chi connectivity index (χ1) is 5.12. The van der Waals surface area contributed by atoms with Gasteiger partial charge in [0, 0.05) is 0 Å². The highest BCUT2D eigenvalue weighted by molar-refractivity contribution is 7.16. The van der Waals surface area contributed by atoms with Crippen molar-refractivity contribution in [3.63, 3.8) is 0 Å². The van der Waals surface area contributed by atoms with Gasteiger partial charge in [-0.3, -0.25) is 0 Å². The van der Waals surface area contributed by atoms with Gasteiger partial charge in [0.2, 0.25) is 0 Å². The summed E-state index contributed by atoms with van der Waals surface area (Å²) < 4.78 is 0. The Morgan fingerprint density at radius 1 is 1.09 bits per heavy atom. The summed E-state index contributed by atoms with van der Waals surface area (Å²) in [4.78, 5) is 0. The fourth-order valence-corrected chi connectivity index (χ4v) is 1.97. The molecule has 0 aliphatic carbocycles. The molecule has 70 valence electrons. The zero-order valence-electron chi connectivity index (χ0n) is 8.91. The lowest BCUT2D eigenvalue weighted by Gasteiger charge is -2.22. The Morgan fingerprint density at radius 2 is 1.55 bits per heavy atom. The lowest BCUT2D eigenvalue weighted by atomic mass is 9.85. The van der Waals surface area contributed by atoms with E-state index >= 15 is 0 Å². The third-order valence-corrected chi connectivity index (χ3v) is 2.04. The lowest BCUT2D eigenvalue weighted by molar-refractivity contribution is 0.321. The number of hydrogen-bond acceptors (Lipinski definition) is 0. The average Bonchev–Trinajstić information content (AvgIpc) is 1.91. The molecule has 0 bridgehead atoms. The van der Waals surface area contributed by atoms with Crippen molar-refractivity contribution in [3.05, 3.63) is 0 Å². The van der Waals surface area contributed by atoms with Gasteiger partial charge in [-0.05, 0) is 24.4 Å². The Balaban J connectivity index is 0. The molecule has 0 radical (unpaired) electrons. The van der Waals surface area contributed by atoms with E-state index in [1.165, 1.54) is 25.4 Å². The van der Waals surface area contributed by atoms with Crippen LogP contribution in [-0.2, 0) is 0 Å². The first-order valence-corrected chi connectivity index (χ1v) is 5.64. The molecule has 0 saturated heterocycles. The van der Waals surface area contributed by atoms with Crippen LogP contribution >= 0.6 is 9.24 Å². The van der Waals surface area contributed by atoms with E-state index in [9.17, 15) is 0 Å². The minimum absolute atomic E-state index is 0.580. The van der Waals surface area contributed by atoms with E-state index in [1.807, 2.05) is 13.8 Å². The molecule has 0 aromatic heterocycles. The van der Waals surface area contributed by atoms with Crippen molar-refractivity contribution in [1.82, 2.24) is 0 Å². The van der Waals surface area contributed by atoms with Crippen molar-refractivity contribution in [3.8, 4) is 0 Å². The van der Waals surface area contributed by atoms with Gasteiger partial charge in [0.1, 0.15) is 0 Å². The molecular weight excluding hydrogens is 151 g/mol. The van der Waals surface area contributed by atoms with Gasteiger partial charge in [0.15, 0.2) is 0 Å². The topological polar surface area (TPSA) is 0 Å². The quantitative estimate of drug-likeness (QED) is 0.566. The molecule has 0 rings (SSSR count). The maximum absolute atomic E-state index is 2.79. The predicted molar refractivity (Wildman–Crippen MR) is 59.2 cm³/mol. The third kappa shape index (κ3) is 10.4. The largest absolute Gasteiger partial charge is 0.138 e. The van der Waals surface area contributed by atoms with Gasteiger partial charge in [-0.1, -0.05) is 41.0 Å². The standard InChI is InChI=1S/C8H19P.C2H6/c1-4-5-8(2,3)6-7-9;1-2/h4-7,9H2,1-3H3;1-2H3. The Bertz CT molecular complexity index is 59.3. The second-order valence-electron chi connectivity index (χ2n) is 3.45. The lowest BCUT2D eigenvalue weighted by Crippen LogP contribution is -2.10. The molecular formula is C10H25P. The molecule has 0 spiro atoms. The van der Waals surface area contributed by atoms with Crippen LogP contribution in [0.3, 0.4) is 0 Å². The fourth-order valence-electron chi connectivity index (χ4n) is 1.19. The van der Waals surface area contributed by atoms with E-state index in [-0.39, 0.29) is 0 Å². The Hall–Kier alpha value is 0.430. The zero-order chi connectivity index (χ0) is 9.33. The summed E-state index contributed by atoms with van der Waals surface area (Å²) in [6, 6.07) is 0. The van der Waals surface area contributed by atoms with Crippen LogP contribution in [0.1, 0.15) is 53.9 Å². The van der Waals surface area contributed by atoms with Gasteiger partial charge >= 0.3 is 0 Å². The van der Waals surface area contributed by atoms with E-state index in [1.54, 1.807) is 0 Å². The summed E-state index contributed by atoms with van der Waals surface area (Å²) in [6.45, 7) is 11.0. The van der Waals surface area contributed by atoms with Gasteiger partial charge in [0.05, 0.1) is 0 Å². The summed E-state index contributed by atoms with van der Waals surface area (Å²) in [7, 11) is 2.79. The van der Waals surface area contributed by atoms with Crippen LogP contribution in [0.25, 0.3) is 0 Å². The molecule has 0 fully saturated rings. The van der Waals surface area contributed by atoms with Crippen molar-refractivity contribution in [2.45, 2.75) is 53.9 Å². The highest BCUT2D eigenvalue weighted by Gasteiger charge is 2.13. The summed E-state index contributed by atoms with van der Waals surface area (Å²) in [5.41, 5.74) is 0.580. The molecule has 11 heavy (non-hydrogen) atoms. The van der Waals surface area contributed by atoms with Crippen LogP contribution in [0.15, 0.2) is 0 Å². The summed E-state index contributed by atoms with van der Waals surface area (Å²) in [5.74, 6) is 0. The highest BCUT2D eigenvalue weighted by atomic mass is 31.0. The maximum atomic E-state index is 2.79. The molecule has 0 amide bonds. The van der Waals surface area contributed by atoms with Crippen molar-refractivity contribution < 1.29 is 0 Å². The second kappa shape index (κ2) is 8.53. The van der Waals surface area contributed by atoms with Gasteiger partial charge in [-0.2, -0.15) is 0 Å². The van der Waals surface area contributed by atoms with Gasteiger partial charge in [0.25, 0.3) is 0 Å². The van der Waals surface area contributed by atoms with Crippen molar-refractivity contribution >= 4 is 9.24 Å². The van der Waals surface area contributed by atoms with Crippen molar-refractivity contribution in [2.75, 3.05) is 6.16 Å². The molecule has 0 aromatic carbocycles. The summed E-state index contributed by atoms with van der Waals surface area (Å²) >= 11 is 0. The normalized spacial score (nSPS) is 10.4. The second-order valence-corrected chi connectivity index (χ2v) is 4.03. The van der Waals surface area contributed by atoms with Crippen LogP contribution in [0.2, 0.25) is 0 Å². The van der Waals surface area contributed by atoms with Gasteiger partial charge in [-0.25, -0.2) is 0 Å². The van der Waals surface area contributed by atoms with Crippen LogP contribution < -0.4 is 0 Å². The Labute approximate surface area is 75.4 Å². The molecule has 0 aliphatic heterocycles. The molecule has 1 unspecified atom stereocenters. The van der Waals surface area contributed by atoms with E-state index in [0.29, 0.717) is 5.41 Å². The average molecular weight is 176 g/mol. The van der Waals surface area contributed by atoms with Crippen molar-refractivity contribution in [1.29, 1.82) is 0 Å². The minimum Gasteiger partial charge on any atom is -0.138 e. The van der Waals surface area contributed by atoms with Crippen LogP contribution in [-0.4, -0.2) is 6.16 Å². The Morgan fingerprint density at radius 3 is 1.82 bits per heavy atom. The molecule has 0 heterocycles. The summed E-state index contributed by atoms with van der Waals surface area (Å²) in [6.07, 6.45) is 5.26. The molecule has 0 aromatic rings. The van der Waals surface area contributed by atoms with E-state index in [0.717, 1.165) is 0 Å². The van der Waals surface area contributed by atoms with Crippen LogP contribution in [0.4, 0.5) is 0 Å². The van der Waals surface area contributed by atoms with Gasteiger partial charge in [-0.15, -0.1) is 9.24 Å². The number of hydrogen-bond donors (Lipinski definition) is 0. The smallest absolute Gasteiger partial charge is 0.0351 e. The summed E-state index contributed by atoms with van der Waals surface area (Å²) in [5, 5.41) is 0. The van der Waals surface area contributed by atoms with E-state index in [2.05, 4.69) is 30.0 Å². The van der Waals surface area contributed by atoms with E-state index < -0.39 is 0 Å². The predicted octanol–water partition coefficient (Wildman–Crippen LogP) is 4.10. The first kappa shape index (κ1) is 14.0. The van der Waals surface area contributed by atoms with Gasteiger partial charge < -0.3 is 0 Å². The Kier molecular flexibility index (Phi) is 10.8. The molecule has 0 aliphatic rings. The third-order valence-electron chi connectivity index (χ3n) is 1.75. The first-order valence-electron chi connectivity index (χ1n) is 4.82. The minimum atomic E-state index is 0.580. The van der Waals surface area contributed by atoms with Crippen LogP contribution in [0.5, 0.6) is 0 Å². The molecule has 0 nitrogen and oxygen atoms in total. The molecule has 1 atom stereocenters. The molecule has 1 heteroatoms. The molecule has 0 N–H and O–H groups in total. The monoisotopic (exact) mass is 176 g/mol. The number of rotatable bonds is 4. The highest BCUT2D eigenvalue weighted by Crippen LogP contribution is 2.26. The molecule has 0 saturated carbocycles. The van der Waals surface area contributed by atoms with E-state index in [4.69, 9.17) is 0 Å².